The molecule has 0 spiro atoms. The second-order valence-corrected chi connectivity index (χ2v) is 12.2. The number of amides is 2. The first-order chi connectivity index (χ1) is 21.6. The molecule has 10 nitrogen and oxygen atoms in total. The van der Waals surface area contributed by atoms with Crippen molar-refractivity contribution in [3.05, 3.63) is 69.2 Å². The Morgan fingerprint density at radius 1 is 1.24 bits per heavy atom. The Morgan fingerprint density at radius 3 is 2.59 bits per heavy atom. The van der Waals surface area contributed by atoms with Crippen LogP contribution in [-0.4, -0.2) is 58.1 Å². The number of carbonyl (C=O) groups excluding carboxylic acids is 2. The standard InChI is InChI=1S/C30H25Cl2F4N5O5/c1-28(27(37)43)12-46-25-17(28)9-20(39-24(25)16-5-6-18(31)22(33)21(16)32)29(44,30(34,35)36)11-38-26(42)13-7-14-10-41(15-3-4-15)40-23(14)19(8-13)45-2/h5-10,15,44H,3-4,11-12H2,1-2H3,(H2,37,43)(H,38,42)/t28-,29?/m0/s1. The molecule has 2 amide bonds. The monoisotopic (exact) mass is 681 g/mol. The van der Waals surface area contributed by atoms with Crippen LogP contribution in [0.3, 0.4) is 0 Å². The lowest BCUT2D eigenvalue weighted by Crippen LogP contribution is -2.51. The highest BCUT2D eigenvalue weighted by molar-refractivity contribution is 6.36. The SMILES string of the molecule is COc1cc(C(=O)NCC(O)(c2cc3c(c(-c4ccc(Cl)c(F)c4Cl)n2)OC[C@]3(C)C(N)=O)C(F)(F)F)cc2cn(C3CC3)nc12. The van der Waals surface area contributed by atoms with E-state index < -0.39 is 57.8 Å². The number of rotatable bonds is 8. The predicted molar refractivity (Wildman–Crippen MR) is 159 cm³/mol. The summed E-state index contributed by atoms with van der Waals surface area (Å²) < 4.78 is 71.8. The van der Waals surface area contributed by atoms with Crippen molar-refractivity contribution in [2.24, 2.45) is 5.73 Å². The molecule has 0 saturated heterocycles. The lowest BCUT2D eigenvalue weighted by atomic mass is 9.81. The molecule has 242 valence electrons. The lowest BCUT2D eigenvalue weighted by molar-refractivity contribution is -0.265. The van der Waals surface area contributed by atoms with E-state index in [1.165, 1.54) is 32.2 Å². The van der Waals surface area contributed by atoms with Gasteiger partial charge in [0, 0.05) is 28.3 Å². The van der Waals surface area contributed by atoms with Gasteiger partial charge in [-0.2, -0.15) is 18.3 Å². The minimum Gasteiger partial charge on any atom is -0.494 e. The molecule has 6 rings (SSSR count). The molecule has 46 heavy (non-hydrogen) atoms. The second-order valence-electron chi connectivity index (χ2n) is 11.4. The number of primary amides is 1. The number of ether oxygens (including phenoxy) is 2. The molecule has 0 bridgehead atoms. The highest BCUT2D eigenvalue weighted by atomic mass is 35.5. The number of aromatic nitrogens is 3. The third-order valence-corrected chi connectivity index (χ3v) is 8.96. The van der Waals surface area contributed by atoms with Crippen LogP contribution in [-0.2, 0) is 15.8 Å². The third kappa shape index (κ3) is 5.08. The summed E-state index contributed by atoms with van der Waals surface area (Å²) in [5, 5.41) is 17.5. The van der Waals surface area contributed by atoms with Gasteiger partial charge in [0.25, 0.3) is 5.91 Å². The molecule has 1 unspecified atom stereocenters. The van der Waals surface area contributed by atoms with E-state index in [-0.39, 0.29) is 45.9 Å². The van der Waals surface area contributed by atoms with Crippen LogP contribution in [0.15, 0.2) is 36.5 Å². The van der Waals surface area contributed by atoms with Crippen molar-refractivity contribution in [3.63, 3.8) is 0 Å². The number of aliphatic hydroxyl groups is 1. The van der Waals surface area contributed by atoms with Gasteiger partial charge in [0.15, 0.2) is 5.82 Å². The zero-order valence-corrected chi connectivity index (χ0v) is 25.6. The zero-order valence-electron chi connectivity index (χ0n) is 24.1. The molecule has 4 N–H and O–H groups in total. The Labute approximate surface area is 268 Å². The number of hydrogen-bond acceptors (Lipinski definition) is 7. The molecule has 16 heteroatoms. The summed E-state index contributed by atoms with van der Waals surface area (Å²) in [6, 6.07) is 6.14. The molecule has 4 aromatic rings. The zero-order chi connectivity index (χ0) is 33.3. The largest absolute Gasteiger partial charge is 0.494 e. The molecular weight excluding hydrogens is 657 g/mol. The number of fused-ring (bicyclic) bond motifs is 2. The van der Waals surface area contributed by atoms with Crippen LogP contribution in [0.5, 0.6) is 11.5 Å². The molecule has 2 atom stereocenters. The number of carbonyl (C=O) groups is 2. The Balaban J connectivity index is 1.43. The van der Waals surface area contributed by atoms with Crippen LogP contribution in [0.25, 0.3) is 22.2 Å². The van der Waals surface area contributed by atoms with Gasteiger partial charge < -0.3 is 25.6 Å². The molecule has 1 fully saturated rings. The first-order valence-electron chi connectivity index (χ1n) is 13.9. The molecule has 1 aliphatic heterocycles. The van der Waals surface area contributed by atoms with Gasteiger partial charge >= 0.3 is 6.18 Å². The van der Waals surface area contributed by atoms with Crippen LogP contribution >= 0.6 is 23.2 Å². The van der Waals surface area contributed by atoms with Gasteiger partial charge in [-0.25, -0.2) is 9.37 Å². The lowest BCUT2D eigenvalue weighted by Gasteiger charge is -2.31. The van der Waals surface area contributed by atoms with Gasteiger partial charge in [0.05, 0.1) is 35.4 Å². The van der Waals surface area contributed by atoms with E-state index in [0.29, 0.717) is 10.9 Å². The smallest absolute Gasteiger partial charge is 0.424 e. The number of pyridine rings is 1. The summed E-state index contributed by atoms with van der Waals surface area (Å²) in [7, 11) is 1.37. The van der Waals surface area contributed by atoms with Crippen molar-refractivity contribution in [2.45, 2.75) is 43.0 Å². The van der Waals surface area contributed by atoms with Gasteiger partial charge in [-0.1, -0.05) is 23.2 Å². The fraction of sp³-hybridized carbons (Fsp3) is 0.333. The summed E-state index contributed by atoms with van der Waals surface area (Å²) in [5.74, 6) is -2.94. The van der Waals surface area contributed by atoms with Gasteiger partial charge in [0.1, 0.15) is 34.7 Å². The normalized spacial score (nSPS) is 19.0. The Hall–Kier alpha value is -4.14. The highest BCUT2D eigenvalue weighted by Gasteiger charge is 2.58. The van der Waals surface area contributed by atoms with E-state index in [1.807, 2.05) is 0 Å². The third-order valence-electron chi connectivity index (χ3n) is 8.30. The average molecular weight is 682 g/mol. The van der Waals surface area contributed by atoms with Crippen molar-refractivity contribution < 1.29 is 41.7 Å². The summed E-state index contributed by atoms with van der Waals surface area (Å²) in [6.45, 7) is -0.451. The minimum absolute atomic E-state index is 0.0510. The van der Waals surface area contributed by atoms with Gasteiger partial charge in [0.2, 0.25) is 11.5 Å². The van der Waals surface area contributed by atoms with Crippen LogP contribution in [0.1, 0.15) is 47.4 Å². The van der Waals surface area contributed by atoms with Crippen LogP contribution in [0.4, 0.5) is 17.6 Å². The van der Waals surface area contributed by atoms with E-state index in [0.717, 1.165) is 25.0 Å². The molecule has 0 radical (unpaired) electrons. The van der Waals surface area contributed by atoms with Crippen LogP contribution in [0.2, 0.25) is 10.0 Å². The predicted octanol–water partition coefficient (Wildman–Crippen LogP) is 5.20. The van der Waals surface area contributed by atoms with Crippen molar-refractivity contribution in [2.75, 3.05) is 20.3 Å². The molecule has 1 aliphatic carbocycles. The number of nitrogens with two attached hydrogens (primary N) is 1. The number of hydrogen-bond donors (Lipinski definition) is 3. The summed E-state index contributed by atoms with van der Waals surface area (Å²) >= 11 is 12.0. The Kier molecular flexibility index (Phi) is 7.60. The van der Waals surface area contributed by atoms with E-state index in [1.54, 1.807) is 10.9 Å². The Morgan fingerprint density at radius 2 is 1.96 bits per heavy atom. The summed E-state index contributed by atoms with van der Waals surface area (Å²) in [6.07, 6.45) is -1.82. The molecule has 2 aromatic heterocycles. The fourth-order valence-electron chi connectivity index (χ4n) is 5.27. The number of alkyl halides is 3. The van der Waals surface area contributed by atoms with Crippen LogP contribution in [0, 0.1) is 5.82 Å². The topological polar surface area (TPSA) is 142 Å². The first-order valence-corrected chi connectivity index (χ1v) is 14.6. The summed E-state index contributed by atoms with van der Waals surface area (Å²) in [5.41, 5.74) is -1.27. The number of nitrogens with zero attached hydrogens (tertiary/aromatic N) is 3. The maximum Gasteiger partial charge on any atom is 0.424 e. The molecule has 1 saturated carbocycles. The van der Waals surface area contributed by atoms with Crippen LogP contribution < -0.4 is 20.5 Å². The summed E-state index contributed by atoms with van der Waals surface area (Å²) in [4.78, 5) is 29.8. The Bertz CT molecular complexity index is 1930. The number of methoxy groups -OCH3 is 1. The minimum atomic E-state index is -5.43. The maximum absolute atomic E-state index is 14.8. The molecule has 3 heterocycles. The second kappa shape index (κ2) is 11.0. The van der Waals surface area contributed by atoms with Gasteiger partial charge in [-0.05, 0) is 50.1 Å². The number of nitrogens with one attached hydrogen (secondary N) is 1. The van der Waals surface area contributed by atoms with E-state index in [4.69, 9.17) is 38.4 Å². The van der Waals surface area contributed by atoms with Gasteiger partial charge in [-0.15, -0.1) is 0 Å². The van der Waals surface area contributed by atoms with Crippen molar-refractivity contribution in [1.82, 2.24) is 20.1 Å². The molecular formula is C30H25Cl2F4N5O5. The maximum atomic E-state index is 14.8. The fourth-order valence-corrected chi connectivity index (χ4v) is 5.73. The average Bonchev–Trinajstić information content (AvgIpc) is 3.68. The molecule has 2 aliphatic rings. The van der Waals surface area contributed by atoms with E-state index >= 15 is 0 Å². The quantitative estimate of drug-likeness (QED) is 0.171. The highest BCUT2D eigenvalue weighted by Crippen LogP contribution is 2.49. The van der Waals surface area contributed by atoms with Gasteiger partial charge in [-0.3, -0.25) is 14.3 Å². The number of halogens is 6. The van der Waals surface area contributed by atoms with Crippen molar-refractivity contribution in [3.8, 4) is 22.8 Å². The van der Waals surface area contributed by atoms with Crippen molar-refractivity contribution in [1.29, 1.82) is 0 Å². The number of benzene rings is 2. The van der Waals surface area contributed by atoms with E-state index in [2.05, 4.69) is 15.4 Å². The van der Waals surface area contributed by atoms with Crippen molar-refractivity contribution >= 4 is 45.9 Å². The van der Waals surface area contributed by atoms with E-state index in [9.17, 15) is 32.3 Å². The first kappa shape index (κ1) is 31.8. The molecule has 2 aromatic carbocycles.